The van der Waals surface area contributed by atoms with Crippen molar-refractivity contribution in [2.24, 2.45) is 13.0 Å². The molecule has 1 aromatic heterocycles. The second-order valence-corrected chi connectivity index (χ2v) is 6.63. The Labute approximate surface area is 127 Å². The molecule has 118 valence electrons. The fourth-order valence-electron chi connectivity index (χ4n) is 3.44. The summed E-state index contributed by atoms with van der Waals surface area (Å²) in [7, 11) is 3.70. The summed E-state index contributed by atoms with van der Waals surface area (Å²) in [6.07, 6.45) is 5.43. The number of hydrogen-bond donors (Lipinski definition) is 1. The highest BCUT2D eigenvalue weighted by atomic mass is 16.5. The van der Waals surface area contributed by atoms with Crippen molar-refractivity contribution in [1.82, 2.24) is 20.0 Å². The van der Waals surface area contributed by atoms with Crippen LogP contribution >= 0.6 is 0 Å². The summed E-state index contributed by atoms with van der Waals surface area (Å²) in [5.41, 5.74) is 2.34. The third-order valence-corrected chi connectivity index (χ3v) is 4.72. The van der Waals surface area contributed by atoms with E-state index in [1.807, 2.05) is 11.7 Å². The minimum Gasteiger partial charge on any atom is -0.481 e. The van der Waals surface area contributed by atoms with Gasteiger partial charge in [0.2, 0.25) is 5.88 Å². The number of nitrogens with zero attached hydrogens (tertiary/aromatic N) is 3. The fraction of sp³-hybridized carbons (Fsp3) is 0.812. The quantitative estimate of drug-likeness (QED) is 0.830. The van der Waals surface area contributed by atoms with E-state index in [0.717, 1.165) is 30.6 Å². The molecule has 5 nitrogen and oxygen atoms in total. The van der Waals surface area contributed by atoms with E-state index in [1.54, 1.807) is 7.11 Å². The van der Waals surface area contributed by atoms with Crippen molar-refractivity contribution in [3.63, 3.8) is 0 Å². The Morgan fingerprint density at radius 3 is 2.76 bits per heavy atom. The van der Waals surface area contributed by atoms with E-state index in [-0.39, 0.29) is 0 Å². The van der Waals surface area contributed by atoms with Gasteiger partial charge in [0.15, 0.2) is 0 Å². The zero-order chi connectivity index (χ0) is 14.8. The van der Waals surface area contributed by atoms with Gasteiger partial charge in [-0.1, -0.05) is 0 Å². The summed E-state index contributed by atoms with van der Waals surface area (Å²) in [5, 5.41) is 8.13. The molecule has 0 spiro atoms. The van der Waals surface area contributed by atoms with Crippen LogP contribution in [0.4, 0.5) is 0 Å². The van der Waals surface area contributed by atoms with Gasteiger partial charge in [-0.15, -0.1) is 0 Å². The molecule has 2 heterocycles. The minimum absolute atomic E-state index is 0.659. The molecule has 1 aromatic rings. The first-order valence-electron chi connectivity index (χ1n) is 8.19. The van der Waals surface area contributed by atoms with E-state index in [9.17, 15) is 0 Å². The van der Waals surface area contributed by atoms with Crippen LogP contribution in [-0.4, -0.2) is 47.5 Å². The van der Waals surface area contributed by atoms with E-state index in [1.165, 1.54) is 44.3 Å². The second kappa shape index (κ2) is 6.36. The molecule has 1 aliphatic heterocycles. The maximum absolute atomic E-state index is 5.55. The highest BCUT2D eigenvalue weighted by Crippen LogP contribution is 2.31. The molecule has 1 aliphatic carbocycles. The Morgan fingerprint density at radius 1 is 1.33 bits per heavy atom. The van der Waals surface area contributed by atoms with Crippen molar-refractivity contribution in [2.75, 3.05) is 26.7 Å². The highest BCUT2D eigenvalue weighted by Gasteiger charge is 2.28. The van der Waals surface area contributed by atoms with Crippen molar-refractivity contribution >= 4 is 0 Å². The van der Waals surface area contributed by atoms with Gasteiger partial charge in [-0.2, -0.15) is 5.10 Å². The van der Waals surface area contributed by atoms with E-state index < -0.39 is 0 Å². The van der Waals surface area contributed by atoms with E-state index >= 15 is 0 Å². The Hall–Kier alpha value is -1.07. The molecule has 1 saturated carbocycles. The first kappa shape index (κ1) is 14.9. The van der Waals surface area contributed by atoms with E-state index in [4.69, 9.17) is 4.74 Å². The van der Waals surface area contributed by atoms with Crippen molar-refractivity contribution in [3.8, 4) is 5.88 Å². The first-order chi connectivity index (χ1) is 10.2. The largest absolute Gasteiger partial charge is 0.481 e. The smallest absolute Gasteiger partial charge is 0.216 e. The van der Waals surface area contributed by atoms with Gasteiger partial charge in [0.25, 0.3) is 0 Å². The third kappa shape index (κ3) is 3.58. The normalized spacial score (nSPS) is 22.2. The van der Waals surface area contributed by atoms with Crippen molar-refractivity contribution < 1.29 is 4.74 Å². The highest BCUT2D eigenvalue weighted by molar-refractivity contribution is 5.30. The molecule has 21 heavy (non-hydrogen) atoms. The second-order valence-electron chi connectivity index (χ2n) is 6.63. The predicted molar refractivity (Wildman–Crippen MR) is 83.5 cm³/mol. The molecule has 1 saturated heterocycles. The van der Waals surface area contributed by atoms with Crippen molar-refractivity contribution in [2.45, 2.75) is 45.2 Å². The number of aryl methyl sites for hydroxylation is 2. The average Bonchev–Trinajstić information content (AvgIpc) is 3.02. The Bertz CT molecular complexity index is 475. The number of ether oxygens (including phenoxy) is 1. The zero-order valence-corrected chi connectivity index (χ0v) is 13.6. The number of hydrogen-bond acceptors (Lipinski definition) is 4. The summed E-state index contributed by atoms with van der Waals surface area (Å²) < 4.78 is 7.40. The number of rotatable bonds is 7. The van der Waals surface area contributed by atoms with Gasteiger partial charge >= 0.3 is 0 Å². The maximum atomic E-state index is 5.55. The molecule has 1 atom stereocenters. The Morgan fingerprint density at radius 2 is 2.14 bits per heavy atom. The SMILES string of the molecule is COc1c(CN(CC2CC2)CC2CCCN2)c(C)nn1C. The van der Waals surface area contributed by atoms with Crippen molar-refractivity contribution in [1.29, 1.82) is 0 Å². The van der Waals surface area contributed by atoms with Crippen LogP contribution in [0.5, 0.6) is 5.88 Å². The molecule has 2 fully saturated rings. The van der Waals surface area contributed by atoms with Gasteiger partial charge in [-0.25, -0.2) is 4.68 Å². The van der Waals surface area contributed by atoms with Crippen LogP contribution in [0.15, 0.2) is 0 Å². The van der Waals surface area contributed by atoms with Gasteiger partial charge in [0, 0.05) is 32.7 Å². The van der Waals surface area contributed by atoms with E-state index in [2.05, 4.69) is 22.2 Å². The van der Waals surface area contributed by atoms with Gasteiger partial charge in [0.1, 0.15) is 0 Å². The summed E-state index contributed by atoms with van der Waals surface area (Å²) in [6.45, 7) is 6.58. The third-order valence-electron chi connectivity index (χ3n) is 4.72. The monoisotopic (exact) mass is 292 g/mol. The summed E-state index contributed by atoms with van der Waals surface area (Å²) in [5.74, 6) is 1.82. The summed E-state index contributed by atoms with van der Waals surface area (Å²) in [6, 6.07) is 0.659. The number of aromatic nitrogens is 2. The van der Waals surface area contributed by atoms with Crippen LogP contribution in [0, 0.1) is 12.8 Å². The van der Waals surface area contributed by atoms with Crippen molar-refractivity contribution in [3.05, 3.63) is 11.3 Å². The van der Waals surface area contributed by atoms with Crippen LogP contribution < -0.4 is 10.1 Å². The molecule has 3 rings (SSSR count). The van der Waals surface area contributed by atoms with Crippen LogP contribution in [0.25, 0.3) is 0 Å². The molecular formula is C16H28N4O. The molecule has 2 aliphatic rings. The lowest BCUT2D eigenvalue weighted by Gasteiger charge is -2.26. The molecule has 5 heteroatoms. The molecular weight excluding hydrogens is 264 g/mol. The Kier molecular flexibility index (Phi) is 4.50. The van der Waals surface area contributed by atoms with Crippen LogP contribution in [0.2, 0.25) is 0 Å². The van der Waals surface area contributed by atoms with Gasteiger partial charge < -0.3 is 10.1 Å². The van der Waals surface area contributed by atoms with Crippen LogP contribution in [-0.2, 0) is 13.6 Å². The minimum atomic E-state index is 0.659. The molecule has 0 amide bonds. The van der Waals surface area contributed by atoms with E-state index in [0.29, 0.717) is 6.04 Å². The lowest BCUT2D eigenvalue weighted by molar-refractivity contribution is 0.227. The maximum Gasteiger partial charge on any atom is 0.216 e. The molecule has 0 aromatic carbocycles. The van der Waals surface area contributed by atoms with Gasteiger partial charge in [0.05, 0.1) is 18.4 Å². The number of nitrogens with one attached hydrogen (secondary N) is 1. The molecule has 1 N–H and O–H groups in total. The fourth-order valence-corrected chi connectivity index (χ4v) is 3.44. The van der Waals surface area contributed by atoms with Crippen LogP contribution in [0.3, 0.4) is 0 Å². The standard InChI is InChI=1S/C16H28N4O/c1-12-15(16(21-3)19(2)18-12)11-20(9-13-6-7-13)10-14-5-4-8-17-14/h13-14,17H,4-11H2,1-3H3. The summed E-state index contributed by atoms with van der Waals surface area (Å²) >= 11 is 0. The van der Waals surface area contributed by atoms with Gasteiger partial charge in [-0.05, 0) is 45.1 Å². The van der Waals surface area contributed by atoms with Gasteiger partial charge in [-0.3, -0.25) is 4.90 Å². The lowest BCUT2D eigenvalue weighted by Crippen LogP contribution is -2.38. The first-order valence-corrected chi connectivity index (χ1v) is 8.19. The predicted octanol–water partition coefficient (Wildman–Crippen LogP) is 1.70. The molecule has 0 bridgehead atoms. The lowest BCUT2D eigenvalue weighted by atomic mass is 10.1. The summed E-state index contributed by atoms with van der Waals surface area (Å²) in [4.78, 5) is 2.60. The molecule has 1 unspecified atom stereocenters. The zero-order valence-electron chi connectivity index (χ0n) is 13.6. The molecule has 0 radical (unpaired) electrons. The average molecular weight is 292 g/mol. The topological polar surface area (TPSA) is 42.3 Å². The van der Waals surface area contributed by atoms with Crippen LogP contribution in [0.1, 0.15) is 36.9 Å². The Balaban J connectivity index is 1.70. The number of methoxy groups -OCH3 is 1.